The third-order valence-corrected chi connectivity index (χ3v) is 5.37. The third-order valence-electron chi connectivity index (χ3n) is 5.37. The summed E-state index contributed by atoms with van der Waals surface area (Å²) in [6, 6.07) is 0. The van der Waals surface area contributed by atoms with Gasteiger partial charge in [-0.15, -0.1) is 0 Å². The highest BCUT2D eigenvalue weighted by atomic mass is 19.4. The minimum absolute atomic E-state index is 0.102. The lowest BCUT2D eigenvalue weighted by atomic mass is 9.91. The summed E-state index contributed by atoms with van der Waals surface area (Å²) in [4.78, 5) is 33.0. The Balaban J connectivity index is 1.53. The van der Waals surface area contributed by atoms with Crippen LogP contribution < -0.4 is 5.32 Å². The summed E-state index contributed by atoms with van der Waals surface area (Å²) < 4.78 is 79.0. The van der Waals surface area contributed by atoms with Crippen molar-refractivity contribution in [3.8, 4) is 0 Å². The minimum Gasteiger partial charge on any atom is -0.426 e. The van der Waals surface area contributed by atoms with Gasteiger partial charge in [0.2, 0.25) is 5.91 Å². The molecule has 1 atom stereocenters. The van der Waals surface area contributed by atoms with Crippen LogP contribution in [0.2, 0.25) is 0 Å². The van der Waals surface area contributed by atoms with Crippen molar-refractivity contribution in [3.63, 3.8) is 0 Å². The molecule has 2 heterocycles. The molecule has 166 valence electrons. The Morgan fingerprint density at radius 2 is 1.73 bits per heavy atom. The number of likely N-dealkylation sites (tertiary alicyclic amines) is 1. The summed E-state index contributed by atoms with van der Waals surface area (Å²) in [6.07, 6.45) is -13.5. The summed E-state index contributed by atoms with van der Waals surface area (Å²) in [5.41, 5.74) is 0.236. The number of piperidine rings is 1. The molecule has 30 heavy (non-hydrogen) atoms. The lowest BCUT2D eigenvalue weighted by molar-refractivity contribution is -0.308. The van der Waals surface area contributed by atoms with Gasteiger partial charge in [0.05, 0.1) is 18.1 Å². The number of nitrogens with zero attached hydrogens (tertiary/aromatic N) is 3. The van der Waals surface area contributed by atoms with Crippen molar-refractivity contribution in [2.75, 3.05) is 18.4 Å². The number of hydrogen-bond acceptors (Lipinski definition) is 5. The zero-order valence-corrected chi connectivity index (χ0v) is 15.7. The number of aromatic nitrogens is 2. The van der Waals surface area contributed by atoms with Gasteiger partial charge in [0.1, 0.15) is 0 Å². The van der Waals surface area contributed by atoms with Gasteiger partial charge in [0, 0.05) is 19.0 Å². The number of nitrogens with one attached hydrogen (secondary N) is 1. The number of aryl methyl sites for hydroxylation is 1. The zero-order valence-electron chi connectivity index (χ0n) is 15.7. The average molecular weight is 440 g/mol. The molecule has 2 fully saturated rings. The van der Waals surface area contributed by atoms with Crippen LogP contribution in [-0.2, 0) is 9.53 Å². The van der Waals surface area contributed by atoms with Gasteiger partial charge in [0.15, 0.2) is 5.82 Å². The first-order chi connectivity index (χ1) is 13.8. The van der Waals surface area contributed by atoms with E-state index >= 15 is 0 Å². The van der Waals surface area contributed by atoms with E-state index in [0.29, 0.717) is 12.1 Å². The number of ether oxygens (including phenoxy) is 1. The molecule has 0 aromatic carbocycles. The fourth-order valence-electron chi connectivity index (χ4n) is 3.57. The SMILES string of the molecule is Cc1cnc(NC(=O)C2CC23CCN(C(=O)OC(C(F)(F)F)C(F)(F)F)CC3)cn1. The molecule has 13 heteroatoms. The van der Waals surface area contributed by atoms with Crippen LogP contribution in [0.1, 0.15) is 25.0 Å². The average Bonchev–Trinajstić information content (AvgIpc) is 3.33. The highest BCUT2D eigenvalue weighted by Crippen LogP contribution is 2.59. The van der Waals surface area contributed by atoms with Crippen LogP contribution in [0.4, 0.5) is 37.0 Å². The van der Waals surface area contributed by atoms with Crippen molar-refractivity contribution >= 4 is 17.8 Å². The lowest BCUT2D eigenvalue weighted by Gasteiger charge is -2.33. The molecular formula is C17H18F6N4O3. The molecule has 1 spiro atoms. The highest BCUT2D eigenvalue weighted by Gasteiger charge is 2.61. The number of amides is 2. The number of anilines is 1. The van der Waals surface area contributed by atoms with Crippen molar-refractivity contribution in [1.82, 2.24) is 14.9 Å². The van der Waals surface area contributed by atoms with Crippen molar-refractivity contribution in [3.05, 3.63) is 18.1 Å². The van der Waals surface area contributed by atoms with Gasteiger partial charge in [-0.2, -0.15) is 26.3 Å². The third kappa shape index (κ3) is 4.75. The monoisotopic (exact) mass is 440 g/mol. The Bertz CT molecular complexity index is 789. The first-order valence-electron chi connectivity index (χ1n) is 9.00. The van der Waals surface area contributed by atoms with Crippen molar-refractivity contribution in [2.45, 2.75) is 44.6 Å². The molecule has 3 rings (SSSR count). The maximum Gasteiger partial charge on any atom is 0.434 e. The van der Waals surface area contributed by atoms with E-state index in [0.717, 1.165) is 4.90 Å². The predicted molar refractivity (Wildman–Crippen MR) is 89.1 cm³/mol. The Hall–Kier alpha value is -2.60. The van der Waals surface area contributed by atoms with E-state index in [4.69, 9.17) is 0 Å². The van der Waals surface area contributed by atoms with Gasteiger partial charge in [-0.1, -0.05) is 0 Å². The number of halogens is 6. The number of alkyl halides is 6. The molecule has 1 saturated heterocycles. The summed E-state index contributed by atoms with van der Waals surface area (Å²) in [7, 11) is 0. The maximum atomic E-state index is 12.5. The Labute approximate surface area is 166 Å². The molecular weight excluding hydrogens is 422 g/mol. The van der Waals surface area contributed by atoms with E-state index in [-0.39, 0.29) is 43.6 Å². The molecule has 7 nitrogen and oxygen atoms in total. The van der Waals surface area contributed by atoms with Crippen molar-refractivity contribution in [1.29, 1.82) is 0 Å². The van der Waals surface area contributed by atoms with Crippen molar-refractivity contribution < 1.29 is 40.7 Å². The lowest BCUT2D eigenvalue weighted by Crippen LogP contribution is -2.49. The quantitative estimate of drug-likeness (QED) is 0.728. The second kappa shape index (κ2) is 7.58. The molecule has 1 saturated carbocycles. The summed E-state index contributed by atoms with van der Waals surface area (Å²) >= 11 is 0. The smallest absolute Gasteiger partial charge is 0.426 e. The molecule has 1 aromatic rings. The fourth-order valence-corrected chi connectivity index (χ4v) is 3.57. The maximum absolute atomic E-state index is 12.5. The van der Waals surface area contributed by atoms with Gasteiger partial charge in [-0.3, -0.25) is 9.78 Å². The summed E-state index contributed by atoms with van der Waals surface area (Å²) in [6.45, 7) is 1.53. The van der Waals surface area contributed by atoms with Gasteiger partial charge in [-0.05, 0) is 31.6 Å². The molecule has 0 bridgehead atoms. The Morgan fingerprint density at radius 3 is 2.23 bits per heavy atom. The van der Waals surface area contributed by atoms with Gasteiger partial charge in [0.25, 0.3) is 6.10 Å². The zero-order chi connectivity index (χ0) is 22.3. The van der Waals surface area contributed by atoms with Crippen LogP contribution >= 0.6 is 0 Å². The molecule has 1 aliphatic carbocycles. The number of carbonyl (C=O) groups is 2. The molecule has 2 aliphatic rings. The number of carbonyl (C=O) groups excluding carboxylic acids is 2. The summed E-state index contributed by atoms with van der Waals surface area (Å²) in [5.74, 6) is -0.394. The van der Waals surface area contributed by atoms with Crippen LogP contribution in [0.3, 0.4) is 0 Å². The Kier molecular flexibility index (Phi) is 5.58. The normalized spacial score (nSPS) is 20.9. The second-order valence-corrected chi connectivity index (χ2v) is 7.49. The van der Waals surface area contributed by atoms with E-state index in [2.05, 4.69) is 20.0 Å². The van der Waals surface area contributed by atoms with Gasteiger partial charge >= 0.3 is 18.4 Å². The first kappa shape index (κ1) is 22.1. The molecule has 2 amide bonds. The van der Waals surface area contributed by atoms with Crippen LogP contribution in [0.25, 0.3) is 0 Å². The number of rotatable bonds is 3. The van der Waals surface area contributed by atoms with Crippen molar-refractivity contribution in [2.24, 2.45) is 11.3 Å². The Morgan fingerprint density at radius 1 is 1.13 bits per heavy atom. The van der Waals surface area contributed by atoms with Crippen LogP contribution in [0.15, 0.2) is 12.4 Å². The summed E-state index contributed by atoms with van der Waals surface area (Å²) in [5, 5.41) is 2.63. The highest BCUT2D eigenvalue weighted by molar-refractivity contribution is 5.94. The van der Waals surface area contributed by atoms with E-state index in [1.807, 2.05) is 0 Å². The van der Waals surface area contributed by atoms with E-state index in [1.165, 1.54) is 12.4 Å². The van der Waals surface area contributed by atoms with E-state index in [1.54, 1.807) is 6.92 Å². The van der Waals surface area contributed by atoms with Crippen LogP contribution in [0, 0.1) is 18.3 Å². The van der Waals surface area contributed by atoms with Crippen LogP contribution in [0.5, 0.6) is 0 Å². The minimum atomic E-state index is -5.76. The number of hydrogen-bond donors (Lipinski definition) is 1. The molecule has 1 unspecified atom stereocenters. The second-order valence-electron chi connectivity index (χ2n) is 7.49. The predicted octanol–water partition coefficient (Wildman–Crippen LogP) is 3.46. The van der Waals surface area contributed by atoms with E-state index < -0.39 is 30.0 Å². The largest absolute Gasteiger partial charge is 0.434 e. The van der Waals surface area contributed by atoms with E-state index in [9.17, 15) is 35.9 Å². The van der Waals surface area contributed by atoms with Gasteiger partial charge in [-0.25, -0.2) is 9.78 Å². The standard InChI is InChI=1S/C17H18F6N4O3/c1-9-7-25-11(8-24-9)26-12(28)10-6-15(10)2-4-27(5-3-15)14(29)30-13(16(18,19)20)17(21,22)23/h7-8,10,13H,2-6H2,1H3,(H,25,26,28). The molecule has 1 aliphatic heterocycles. The first-order valence-corrected chi connectivity index (χ1v) is 9.00. The fraction of sp³-hybridized carbons (Fsp3) is 0.647. The molecule has 0 radical (unpaired) electrons. The molecule has 1 N–H and O–H groups in total. The molecule has 1 aromatic heterocycles. The van der Waals surface area contributed by atoms with Gasteiger partial charge < -0.3 is 15.0 Å². The topological polar surface area (TPSA) is 84.4 Å². The van der Waals surface area contributed by atoms with Crippen LogP contribution in [-0.4, -0.2) is 58.4 Å².